The summed E-state index contributed by atoms with van der Waals surface area (Å²) in [4.78, 5) is 12.1. The van der Waals surface area contributed by atoms with Crippen LogP contribution in [0, 0.1) is 5.92 Å². The highest BCUT2D eigenvalue weighted by atomic mass is 32.1. The molecule has 21 heavy (non-hydrogen) atoms. The number of rotatable bonds is 4. The summed E-state index contributed by atoms with van der Waals surface area (Å²) in [5.74, 6) is 0.488. The van der Waals surface area contributed by atoms with E-state index in [0.717, 1.165) is 31.5 Å². The number of fused-ring (bicyclic) bond motifs is 1. The molecule has 1 aromatic heterocycles. The van der Waals surface area contributed by atoms with Gasteiger partial charge in [-0.2, -0.15) is 0 Å². The van der Waals surface area contributed by atoms with Crippen molar-refractivity contribution < 1.29 is 4.79 Å². The number of benzene rings is 1. The summed E-state index contributed by atoms with van der Waals surface area (Å²) in [5, 5.41) is 6.51. The Bertz CT molecular complexity index is 629. The highest BCUT2D eigenvalue weighted by Gasteiger charge is 2.20. The minimum atomic E-state index is 0.244. The largest absolute Gasteiger partial charge is 0.399 e. The van der Waals surface area contributed by atoms with Gasteiger partial charge in [-0.25, -0.2) is 0 Å². The standard InChI is InChI=1S/C17H22N2OS/c18-14-6-7-16-15(10-14)13(11-21-16)8-9-19-17(20)12-4-2-1-3-5-12/h6-7,10-12H,1-5,8-9,18H2,(H,19,20). The third-order valence-electron chi connectivity index (χ3n) is 4.35. The predicted octanol–water partition coefficient (Wildman–Crippen LogP) is 3.72. The Hall–Kier alpha value is -1.55. The zero-order valence-corrected chi connectivity index (χ0v) is 13.0. The van der Waals surface area contributed by atoms with Crippen molar-refractivity contribution in [2.24, 2.45) is 5.92 Å². The molecule has 1 heterocycles. The molecule has 3 rings (SSSR count). The number of nitrogen functional groups attached to an aromatic ring is 1. The van der Waals surface area contributed by atoms with Crippen molar-refractivity contribution in [3.63, 3.8) is 0 Å². The van der Waals surface area contributed by atoms with Crippen molar-refractivity contribution >= 4 is 33.0 Å². The second-order valence-corrected chi connectivity index (χ2v) is 6.80. The van der Waals surface area contributed by atoms with Gasteiger partial charge in [0.05, 0.1) is 0 Å². The molecule has 2 aromatic rings. The average Bonchev–Trinajstić information content (AvgIpc) is 2.90. The van der Waals surface area contributed by atoms with Gasteiger partial charge in [0.1, 0.15) is 0 Å². The molecule has 0 aliphatic heterocycles. The van der Waals surface area contributed by atoms with Gasteiger partial charge < -0.3 is 11.1 Å². The zero-order valence-electron chi connectivity index (χ0n) is 12.2. The fourth-order valence-electron chi connectivity index (χ4n) is 3.12. The average molecular weight is 302 g/mol. The van der Waals surface area contributed by atoms with Crippen LogP contribution in [-0.2, 0) is 11.2 Å². The number of anilines is 1. The van der Waals surface area contributed by atoms with E-state index in [1.54, 1.807) is 11.3 Å². The summed E-state index contributed by atoms with van der Waals surface area (Å²) < 4.78 is 1.26. The van der Waals surface area contributed by atoms with Gasteiger partial charge in [-0.3, -0.25) is 4.79 Å². The van der Waals surface area contributed by atoms with Gasteiger partial charge in [0.25, 0.3) is 0 Å². The van der Waals surface area contributed by atoms with E-state index in [4.69, 9.17) is 5.73 Å². The zero-order chi connectivity index (χ0) is 14.7. The van der Waals surface area contributed by atoms with Crippen LogP contribution >= 0.6 is 11.3 Å². The molecular weight excluding hydrogens is 280 g/mol. The Balaban J connectivity index is 1.56. The van der Waals surface area contributed by atoms with Crippen molar-refractivity contribution in [1.82, 2.24) is 5.32 Å². The lowest BCUT2D eigenvalue weighted by molar-refractivity contribution is -0.125. The number of nitrogens with two attached hydrogens (primary N) is 1. The van der Waals surface area contributed by atoms with Gasteiger partial charge in [0.2, 0.25) is 5.91 Å². The third-order valence-corrected chi connectivity index (χ3v) is 5.36. The highest BCUT2D eigenvalue weighted by molar-refractivity contribution is 7.17. The molecule has 1 amide bonds. The van der Waals surface area contributed by atoms with Crippen LogP contribution in [0.15, 0.2) is 23.6 Å². The topological polar surface area (TPSA) is 55.1 Å². The SMILES string of the molecule is Nc1ccc2scc(CCNC(=O)C3CCCCC3)c2c1. The van der Waals surface area contributed by atoms with Crippen molar-refractivity contribution in [2.45, 2.75) is 38.5 Å². The fourth-order valence-corrected chi connectivity index (χ4v) is 4.10. The maximum atomic E-state index is 12.1. The number of hydrogen-bond donors (Lipinski definition) is 2. The molecule has 1 saturated carbocycles. The molecule has 1 aliphatic carbocycles. The molecular formula is C17H22N2OS. The van der Waals surface area contributed by atoms with E-state index in [0.29, 0.717) is 0 Å². The molecule has 0 spiro atoms. The lowest BCUT2D eigenvalue weighted by Gasteiger charge is -2.20. The first-order valence-electron chi connectivity index (χ1n) is 7.77. The van der Waals surface area contributed by atoms with E-state index < -0.39 is 0 Å². The second kappa shape index (κ2) is 6.48. The molecule has 0 saturated heterocycles. The molecule has 3 N–H and O–H groups in total. The summed E-state index contributed by atoms with van der Waals surface area (Å²) in [6.07, 6.45) is 6.68. The monoisotopic (exact) mass is 302 g/mol. The third kappa shape index (κ3) is 3.38. The number of nitrogens with one attached hydrogen (secondary N) is 1. The summed E-state index contributed by atoms with van der Waals surface area (Å²) >= 11 is 1.74. The van der Waals surface area contributed by atoms with Crippen LogP contribution < -0.4 is 11.1 Å². The molecule has 1 aliphatic rings. The maximum absolute atomic E-state index is 12.1. The summed E-state index contributed by atoms with van der Waals surface area (Å²) in [6, 6.07) is 6.04. The van der Waals surface area contributed by atoms with E-state index in [2.05, 4.69) is 16.8 Å². The van der Waals surface area contributed by atoms with E-state index in [1.807, 2.05) is 12.1 Å². The van der Waals surface area contributed by atoms with Crippen molar-refractivity contribution in [3.05, 3.63) is 29.1 Å². The Morgan fingerprint density at radius 2 is 2.10 bits per heavy atom. The molecule has 1 fully saturated rings. The lowest BCUT2D eigenvalue weighted by Crippen LogP contribution is -2.33. The van der Waals surface area contributed by atoms with Gasteiger partial charge in [0, 0.05) is 22.8 Å². The molecule has 0 atom stereocenters. The van der Waals surface area contributed by atoms with Gasteiger partial charge in [-0.1, -0.05) is 19.3 Å². The molecule has 1 aromatic carbocycles. The molecule has 0 unspecified atom stereocenters. The van der Waals surface area contributed by atoms with Gasteiger partial charge in [-0.05, 0) is 53.8 Å². The van der Waals surface area contributed by atoms with Gasteiger partial charge in [0.15, 0.2) is 0 Å². The van der Waals surface area contributed by atoms with Gasteiger partial charge in [-0.15, -0.1) is 11.3 Å². The van der Waals surface area contributed by atoms with Crippen molar-refractivity contribution in [3.8, 4) is 0 Å². The van der Waals surface area contributed by atoms with Gasteiger partial charge >= 0.3 is 0 Å². The number of hydrogen-bond acceptors (Lipinski definition) is 3. The summed E-state index contributed by atoms with van der Waals surface area (Å²) in [6.45, 7) is 0.718. The molecule has 3 nitrogen and oxygen atoms in total. The summed E-state index contributed by atoms with van der Waals surface area (Å²) in [5.41, 5.74) is 7.94. The molecule has 4 heteroatoms. The van der Waals surface area contributed by atoms with Crippen LogP contribution in [0.5, 0.6) is 0 Å². The minimum Gasteiger partial charge on any atom is -0.399 e. The Morgan fingerprint density at radius 3 is 2.90 bits per heavy atom. The van der Waals surface area contributed by atoms with Crippen LogP contribution in [0.3, 0.4) is 0 Å². The van der Waals surface area contributed by atoms with Crippen LogP contribution in [0.25, 0.3) is 10.1 Å². The van der Waals surface area contributed by atoms with Crippen molar-refractivity contribution in [1.29, 1.82) is 0 Å². The number of amides is 1. The number of carbonyl (C=O) groups is 1. The van der Waals surface area contributed by atoms with Crippen LogP contribution in [0.2, 0.25) is 0 Å². The Kier molecular flexibility index (Phi) is 4.44. The van der Waals surface area contributed by atoms with Crippen LogP contribution in [0.1, 0.15) is 37.7 Å². The fraction of sp³-hybridized carbons (Fsp3) is 0.471. The van der Waals surface area contributed by atoms with E-state index >= 15 is 0 Å². The Morgan fingerprint density at radius 1 is 1.29 bits per heavy atom. The quantitative estimate of drug-likeness (QED) is 0.846. The number of thiophene rings is 1. The first-order chi connectivity index (χ1) is 10.2. The van der Waals surface area contributed by atoms with Crippen molar-refractivity contribution in [2.75, 3.05) is 12.3 Å². The van der Waals surface area contributed by atoms with Crippen LogP contribution in [-0.4, -0.2) is 12.5 Å². The predicted molar refractivity (Wildman–Crippen MR) is 89.5 cm³/mol. The molecule has 112 valence electrons. The smallest absolute Gasteiger partial charge is 0.223 e. The molecule has 0 radical (unpaired) electrons. The number of carbonyl (C=O) groups excluding carboxylic acids is 1. The first kappa shape index (κ1) is 14.4. The van der Waals surface area contributed by atoms with Crippen LogP contribution in [0.4, 0.5) is 5.69 Å². The second-order valence-electron chi connectivity index (χ2n) is 5.89. The van der Waals surface area contributed by atoms with E-state index in [1.165, 1.54) is 34.9 Å². The van der Waals surface area contributed by atoms with E-state index in [9.17, 15) is 4.79 Å². The first-order valence-corrected chi connectivity index (χ1v) is 8.65. The molecule has 0 bridgehead atoms. The Labute approximate surface area is 129 Å². The summed E-state index contributed by atoms with van der Waals surface area (Å²) in [7, 11) is 0. The normalized spacial score (nSPS) is 16.2. The maximum Gasteiger partial charge on any atom is 0.223 e. The highest BCUT2D eigenvalue weighted by Crippen LogP contribution is 2.28. The minimum absolute atomic E-state index is 0.244. The van der Waals surface area contributed by atoms with E-state index in [-0.39, 0.29) is 11.8 Å². The lowest BCUT2D eigenvalue weighted by atomic mass is 9.88.